The molecule has 0 N–H and O–H groups in total. The highest BCUT2D eigenvalue weighted by molar-refractivity contribution is 6.20. The Labute approximate surface area is 75.1 Å². The average molecular weight is 179 g/mol. The predicted octanol–water partition coefficient (Wildman–Crippen LogP) is 3.07. The fourth-order valence-corrected chi connectivity index (χ4v) is 0.871. The second-order valence-electron chi connectivity index (χ2n) is 3.06. The third-order valence-electron chi connectivity index (χ3n) is 1.85. The van der Waals surface area contributed by atoms with Crippen molar-refractivity contribution in [3.8, 4) is 0 Å². The molecule has 68 valence electrons. The Kier molecular flexibility index (Phi) is 7.09. The van der Waals surface area contributed by atoms with E-state index in [9.17, 15) is 0 Å². The molecule has 0 aromatic rings. The highest BCUT2D eigenvalue weighted by Gasteiger charge is 2.07. The van der Waals surface area contributed by atoms with Crippen molar-refractivity contribution in [2.75, 3.05) is 13.2 Å². The van der Waals surface area contributed by atoms with Crippen LogP contribution in [-0.4, -0.2) is 18.6 Å². The van der Waals surface area contributed by atoms with Crippen LogP contribution in [0.3, 0.4) is 0 Å². The van der Waals surface area contributed by atoms with Gasteiger partial charge in [-0.1, -0.05) is 13.8 Å². The summed E-state index contributed by atoms with van der Waals surface area (Å²) in [5.41, 5.74) is 0. The molecule has 0 bridgehead atoms. The van der Waals surface area contributed by atoms with E-state index in [1.807, 2.05) is 6.92 Å². The Morgan fingerprint density at radius 2 is 1.91 bits per heavy atom. The van der Waals surface area contributed by atoms with Crippen molar-refractivity contribution in [2.24, 2.45) is 5.92 Å². The van der Waals surface area contributed by atoms with E-state index >= 15 is 0 Å². The number of ether oxygens (including phenoxy) is 1. The Morgan fingerprint density at radius 3 is 2.36 bits per heavy atom. The Morgan fingerprint density at radius 1 is 1.27 bits per heavy atom. The summed E-state index contributed by atoms with van der Waals surface area (Å²) in [7, 11) is 0. The molecule has 0 aliphatic carbocycles. The smallest absolute Gasteiger partial charge is 0.0469 e. The molecule has 11 heavy (non-hydrogen) atoms. The fourth-order valence-electron chi connectivity index (χ4n) is 0.745. The normalized spacial score (nSPS) is 16.4. The van der Waals surface area contributed by atoms with Crippen molar-refractivity contribution in [1.29, 1.82) is 0 Å². The minimum atomic E-state index is 0.264. The van der Waals surface area contributed by atoms with Gasteiger partial charge in [0.05, 0.1) is 0 Å². The first-order chi connectivity index (χ1) is 5.18. The van der Waals surface area contributed by atoms with Crippen LogP contribution in [0, 0.1) is 5.92 Å². The van der Waals surface area contributed by atoms with Crippen LogP contribution >= 0.6 is 11.6 Å². The molecule has 0 saturated carbocycles. The highest BCUT2D eigenvalue weighted by atomic mass is 35.5. The van der Waals surface area contributed by atoms with Crippen LogP contribution in [0.25, 0.3) is 0 Å². The second-order valence-corrected chi connectivity index (χ2v) is 3.74. The van der Waals surface area contributed by atoms with E-state index in [4.69, 9.17) is 16.3 Å². The van der Waals surface area contributed by atoms with Gasteiger partial charge in [0.25, 0.3) is 0 Å². The van der Waals surface area contributed by atoms with Crippen LogP contribution < -0.4 is 0 Å². The van der Waals surface area contributed by atoms with Crippen molar-refractivity contribution < 1.29 is 4.74 Å². The van der Waals surface area contributed by atoms with Crippen molar-refractivity contribution >= 4 is 11.6 Å². The number of halogens is 1. The molecule has 0 aliphatic rings. The monoisotopic (exact) mass is 178 g/mol. The summed E-state index contributed by atoms with van der Waals surface area (Å²) in [6.45, 7) is 8.04. The molecule has 0 fully saturated rings. The van der Waals surface area contributed by atoms with Crippen LogP contribution in [0.15, 0.2) is 0 Å². The van der Waals surface area contributed by atoms with Gasteiger partial charge >= 0.3 is 0 Å². The molecule has 0 aromatic heterocycles. The molecule has 2 heteroatoms. The van der Waals surface area contributed by atoms with Crippen LogP contribution in [-0.2, 0) is 4.74 Å². The molecule has 0 aliphatic heterocycles. The molecular formula is C9H19ClO. The lowest BCUT2D eigenvalue weighted by molar-refractivity contribution is 0.122. The second kappa shape index (κ2) is 6.93. The van der Waals surface area contributed by atoms with Gasteiger partial charge in [-0.25, -0.2) is 0 Å². The van der Waals surface area contributed by atoms with Crippen LogP contribution in [0.4, 0.5) is 0 Å². The zero-order valence-electron chi connectivity index (χ0n) is 7.77. The topological polar surface area (TPSA) is 9.23 Å². The van der Waals surface area contributed by atoms with Gasteiger partial charge < -0.3 is 4.74 Å². The van der Waals surface area contributed by atoms with Gasteiger partial charge in [-0.2, -0.15) is 0 Å². The molecule has 0 aromatic carbocycles. The molecule has 0 radical (unpaired) electrons. The minimum Gasteiger partial charge on any atom is -0.381 e. The van der Waals surface area contributed by atoms with E-state index in [0.29, 0.717) is 5.92 Å². The van der Waals surface area contributed by atoms with Gasteiger partial charge in [0.15, 0.2) is 0 Å². The van der Waals surface area contributed by atoms with Crippen molar-refractivity contribution in [2.45, 2.75) is 39.0 Å². The minimum absolute atomic E-state index is 0.264. The van der Waals surface area contributed by atoms with Gasteiger partial charge in [-0.05, 0) is 25.7 Å². The molecule has 0 heterocycles. The quantitative estimate of drug-likeness (QED) is 0.449. The third kappa shape index (κ3) is 6.64. The molecule has 0 spiro atoms. The number of hydrogen-bond acceptors (Lipinski definition) is 1. The molecule has 1 nitrogen and oxygen atoms in total. The summed E-state index contributed by atoms with van der Waals surface area (Å²) in [6, 6.07) is 0. The van der Waals surface area contributed by atoms with Crippen molar-refractivity contribution in [1.82, 2.24) is 0 Å². The Bertz CT molecular complexity index is 83.6. The molecular weight excluding hydrogens is 160 g/mol. The Hall–Kier alpha value is 0.250. The SMILES string of the molecule is CCCOCCC(C)C(C)Cl. The van der Waals surface area contributed by atoms with Gasteiger partial charge in [0, 0.05) is 18.6 Å². The third-order valence-corrected chi connectivity index (χ3v) is 2.28. The zero-order chi connectivity index (χ0) is 8.69. The number of rotatable bonds is 6. The van der Waals surface area contributed by atoms with Crippen molar-refractivity contribution in [3.63, 3.8) is 0 Å². The molecule has 0 rings (SSSR count). The van der Waals surface area contributed by atoms with Gasteiger partial charge in [-0.15, -0.1) is 11.6 Å². The number of hydrogen-bond donors (Lipinski definition) is 0. The zero-order valence-corrected chi connectivity index (χ0v) is 8.53. The summed E-state index contributed by atoms with van der Waals surface area (Å²) in [5, 5.41) is 0.264. The fraction of sp³-hybridized carbons (Fsp3) is 1.00. The summed E-state index contributed by atoms with van der Waals surface area (Å²) in [4.78, 5) is 0. The maximum Gasteiger partial charge on any atom is 0.0469 e. The van der Waals surface area contributed by atoms with E-state index in [2.05, 4.69) is 13.8 Å². The van der Waals surface area contributed by atoms with Crippen molar-refractivity contribution in [3.05, 3.63) is 0 Å². The summed E-state index contributed by atoms with van der Waals surface area (Å²) >= 11 is 5.89. The van der Waals surface area contributed by atoms with Gasteiger partial charge in [0.2, 0.25) is 0 Å². The van der Waals surface area contributed by atoms with Crippen LogP contribution in [0.1, 0.15) is 33.6 Å². The number of alkyl halides is 1. The predicted molar refractivity (Wildman–Crippen MR) is 50.2 cm³/mol. The van der Waals surface area contributed by atoms with Crippen LogP contribution in [0.5, 0.6) is 0 Å². The lowest BCUT2D eigenvalue weighted by atomic mass is 10.1. The first kappa shape index (κ1) is 11.2. The lowest BCUT2D eigenvalue weighted by Crippen LogP contribution is -2.10. The lowest BCUT2D eigenvalue weighted by Gasteiger charge is -2.12. The van der Waals surface area contributed by atoms with Gasteiger partial charge in [0.1, 0.15) is 0 Å². The standard InChI is InChI=1S/C9H19ClO/c1-4-6-11-7-5-8(2)9(3)10/h8-9H,4-7H2,1-3H3. The summed E-state index contributed by atoms with van der Waals surface area (Å²) in [6.07, 6.45) is 2.18. The molecule has 2 unspecified atom stereocenters. The first-order valence-electron chi connectivity index (χ1n) is 4.40. The largest absolute Gasteiger partial charge is 0.381 e. The average Bonchev–Trinajstić information content (AvgIpc) is 1.97. The van der Waals surface area contributed by atoms with E-state index in [0.717, 1.165) is 26.1 Å². The van der Waals surface area contributed by atoms with E-state index < -0.39 is 0 Å². The van der Waals surface area contributed by atoms with E-state index in [1.54, 1.807) is 0 Å². The summed E-state index contributed by atoms with van der Waals surface area (Å²) < 4.78 is 5.34. The van der Waals surface area contributed by atoms with Crippen LogP contribution in [0.2, 0.25) is 0 Å². The van der Waals surface area contributed by atoms with E-state index in [-0.39, 0.29) is 5.38 Å². The Balaban J connectivity index is 3.10. The summed E-state index contributed by atoms with van der Waals surface area (Å²) in [5.74, 6) is 0.563. The van der Waals surface area contributed by atoms with Gasteiger partial charge in [-0.3, -0.25) is 0 Å². The first-order valence-corrected chi connectivity index (χ1v) is 4.84. The van der Waals surface area contributed by atoms with E-state index in [1.165, 1.54) is 0 Å². The molecule has 0 amide bonds. The molecule has 2 atom stereocenters. The highest BCUT2D eigenvalue weighted by Crippen LogP contribution is 2.13. The molecule has 0 saturated heterocycles. The maximum atomic E-state index is 5.89. The maximum absolute atomic E-state index is 5.89.